The number of hydrogen-bond donors (Lipinski definition) is 1. The highest BCUT2D eigenvalue weighted by Gasteiger charge is 2.42. The van der Waals surface area contributed by atoms with Gasteiger partial charge in [-0.05, 0) is 59.5 Å². The molecule has 0 unspecified atom stereocenters. The summed E-state index contributed by atoms with van der Waals surface area (Å²) in [6.45, 7) is 0. The molecule has 194 valence electrons. The molecule has 1 fully saturated rings. The number of carbonyl (C=O) groups excluding carboxylic acids is 1. The van der Waals surface area contributed by atoms with E-state index in [-0.39, 0.29) is 28.6 Å². The van der Waals surface area contributed by atoms with Crippen LogP contribution in [0.15, 0.2) is 61.5 Å². The lowest BCUT2D eigenvalue weighted by Gasteiger charge is -2.33. The van der Waals surface area contributed by atoms with Gasteiger partial charge < -0.3 is 9.88 Å². The molecular formula is C25H19ClFN11O. The largest absolute Gasteiger partial charge is 0.340 e. The van der Waals surface area contributed by atoms with Crippen LogP contribution in [0.2, 0.25) is 5.02 Å². The molecule has 14 heteroatoms. The number of hydrogen-bond acceptors (Lipinski definition) is 8. The number of nitrogens with one attached hydrogen (secondary N) is 1. The van der Waals surface area contributed by atoms with Crippen molar-refractivity contribution in [2.45, 2.75) is 31.3 Å². The molecule has 4 aromatic heterocycles. The minimum atomic E-state index is -0.607. The third-order valence-electron chi connectivity index (χ3n) is 7.09. The third-order valence-corrected chi connectivity index (χ3v) is 7.38. The second kappa shape index (κ2) is 9.20. The first-order chi connectivity index (χ1) is 19.1. The predicted octanol–water partition coefficient (Wildman–Crippen LogP) is 3.34. The Balaban J connectivity index is 1.19. The maximum absolute atomic E-state index is 15.3. The smallest absolute Gasteiger partial charge is 0.247 e. The van der Waals surface area contributed by atoms with E-state index in [2.05, 4.69) is 40.7 Å². The van der Waals surface area contributed by atoms with Crippen molar-refractivity contribution in [1.29, 1.82) is 0 Å². The van der Waals surface area contributed by atoms with Gasteiger partial charge in [-0.2, -0.15) is 14.9 Å². The van der Waals surface area contributed by atoms with E-state index in [1.54, 1.807) is 30.9 Å². The van der Waals surface area contributed by atoms with Crippen molar-refractivity contribution in [3.8, 4) is 22.8 Å². The minimum absolute atomic E-state index is 0.0346. The standard InChI is InChI=1S/C25H19ClFN11O/c26-17-2-4-19(36-13-30-34-35-36)23(24(17)27)15-9-16-1-3-20(37(16)22(39)11-15)25-29-12-18(33-25)14-5-6-28-21(10-14)38-31-7-8-32-38/h2,4-8,10-13,16,20H,1,3,9H2,(H,29,33)/t16-,20+/m1/s1. The zero-order valence-electron chi connectivity index (χ0n) is 20.2. The van der Waals surface area contributed by atoms with Gasteiger partial charge in [-0.15, -0.1) is 9.90 Å². The van der Waals surface area contributed by atoms with Gasteiger partial charge >= 0.3 is 0 Å². The molecule has 1 amide bonds. The molecule has 12 nitrogen and oxygen atoms in total. The van der Waals surface area contributed by atoms with E-state index in [0.717, 1.165) is 24.1 Å². The van der Waals surface area contributed by atoms with Crippen molar-refractivity contribution in [2.24, 2.45) is 0 Å². The van der Waals surface area contributed by atoms with Gasteiger partial charge in [0.15, 0.2) is 11.6 Å². The predicted molar refractivity (Wildman–Crippen MR) is 136 cm³/mol. The summed E-state index contributed by atoms with van der Waals surface area (Å²) in [5.41, 5.74) is 2.86. The van der Waals surface area contributed by atoms with E-state index >= 15 is 4.39 Å². The fraction of sp³-hybridized carbons (Fsp3) is 0.200. The van der Waals surface area contributed by atoms with Crippen molar-refractivity contribution < 1.29 is 9.18 Å². The first kappa shape index (κ1) is 23.3. The molecule has 2 aliphatic rings. The van der Waals surface area contributed by atoms with E-state index in [0.29, 0.717) is 29.3 Å². The number of H-pyrrole nitrogens is 1. The summed E-state index contributed by atoms with van der Waals surface area (Å²) < 4.78 is 16.7. The fourth-order valence-electron chi connectivity index (χ4n) is 5.39. The minimum Gasteiger partial charge on any atom is -0.340 e. The first-order valence-corrected chi connectivity index (χ1v) is 12.6. The van der Waals surface area contributed by atoms with Crippen LogP contribution >= 0.6 is 11.6 Å². The van der Waals surface area contributed by atoms with Crippen molar-refractivity contribution in [2.75, 3.05) is 0 Å². The quantitative estimate of drug-likeness (QED) is 0.356. The average molecular weight is 544 g/mol. The molecule has 0 spiro atoms. The molecule has 0 aliphatic carbocycles. The Hall–Kier alpha value is -4.78. The van der Waals surface area contributed by atoms with E-state index in [9.17, 15) is 4.79 Å². The Kier molecular flexibility index (Phi) is 5.51. The molecule has 1 aromatic carbocycles. The number of carbonyl (C=O) groups is 1. The summed E-state index contributed by atoms with van der Waals surface area (Å²) in [5.74, 6) is 0.452. The molecule has 1 N–H and O–H groups in total. The van der Waals surface area contributed by atoms with Crippen LogP contribution in [0.5, 0.6) is 0 Å². The molecule has 2 aliphatic heterocycles. The van der Waals surface area contributed by atoms with E-state index in [1.165, 1.54) is 27.9 Å². The summed E-state index contributed by atoms with van der Waals surface area (Å²) in [4.78, 5) is 29.0. The summed E-state index contributed by atoms with van der Waals surface area (Å²) in [5, 5.41) is 19.4. The highest BCUT2D eigenvalue weighted by molar-refractivity contribution is 6.31. The average Bonchev–Trinajstić information content (AvgIpc) is 3.76. The highest BCUT2D eigenvalue weighted by atomic mass is 35.5. The monoisotopic (exact) mass is 543 g/mol. The topological polar surface area (TPSA) is 136 Å². The Morgan fingerprint density at radius 3 is 2.77 bits per heavy atom. The van der Waals surface area contributed by atoms with Gasteiger partial charge in [0.2, 0.25) is 5.91 Å². The molecule has 6 heterocycles. The molecule has 0 saturated carbocycles. The molecule has 0 bridgehead atoms. The van der Waals surface area contributed by atoms with Gasteiger partial charge in [-0.1, -0.05) is 11.6 Å². The number of tetrazole rings is 1. The SMILES string of the molecule is O=C1C=C(c2c(-n3cnnn3)ccc(Cl)c2F)C[C@H]2CC[C@@H](c3ncc(-c4ccnc(-n5nccn5)c4)[nH]3)N12. The van der Waals surface area contributed by atoms with E-state index in [4.69, 9.17) is 11.6 Å². The van der Waals surface area contributed by atoms with Crippen LogP contribution in [-0.4, -0.2) is 67.0 Å². The Morgan fingerprint density at radius 1 is 1.08 bits per heavy atom. The van der Waals surface area contributed by atoms with Gasteiger partial charge in [-0.3, -0.25) is 4.79 Å². The van der Waals surface area contributed by atoms with Crippen LogP contribution in [0.25, 0.3) is 28.3 Å². The number of fused-ring (bicyclic) bond motifs is 1. The van der Waals surface area contributed by atoms with Gasteiger partial charge in [0.05, 0.1) is 41.0 Å². The number of benzene rings is 1. The summed E-state index contributed by atoms with van der Waals surface area (Å²) >= 11 is 6.13. The van der Waals surface area contributed by atoms with Crippen molar-refractivity contribution >= 4 is 23.1 Å². The molecule has 7 rings (SSSR count). The number of rotatable bonds is 5. The second-order valence-electron chi connectivity index (χ2n) is 9.28. The Labute approximate surface area is 225 Å². The third kappa shape index (κ3) is 3.98. The number of aromatic amines is 1. The summed E-state index contributed by atoms with van der Waals surface area (Å²) in [6.07, 6.45) is 11.4. The number of halogens is 2. The summed E-state index contributed by atoms with van der Waals surface area (Å²) in [6, 6.07) is 6.47. The maximum atomic E-state index is 15.3. The maximum Gasteiger partial charge on any atom is 0.247 e. The molecule has 1 saturated heterocycles. The molecule has 5 aromatic rings. The van der Waals surface area contributed by atoms with Crippen LogP contribution in [0.1, 0.15) is 36.7 Å². The lowest BCUT2D eigenvalue weighted by molar-refractivity contribution is -0.129. The first-order valence-electron chi connectivity index (χ1n) is 12.2. The number of aromatic nitrogens is 10. The number of amides is 1. The van der Waals surface area contributed by atoms with Crippen LogP contribution in [0.3, 0.4) is 0 Å². The molecule has 0 radical (unpaired) electrons. The number of pyridine rings is 1. The fourth-order valence-corrected chi connectivity index (χ4v) is 5.54. The number of nitrogens with zero attached hydrogens (tertiary/aromatic N) is 10. The van der Waals surface area contributed by atoms with Gasteiger partial charge in [0.25, 0.3) is 0 Å². The highest BCUT2D eigenvalue weighted by Crippen LogP contribution is 2.44. The molecule has 2 atom stereocenters. The Morgan fingerprint density at radius 2 is 1.95 bits per heavy atom. The zero-order chi connectivity index (χ0) is 26.5. The van der Waals surface area contributed by atoms with Gasteiger partial charge in [0, 0.05) is 29.4 Å². The molecule has 39 heavy (non-hydrogen) atoms. The van der Waals surface area contributed by atoms with Gasteiger partial charge in [0.1, 0.15) is 12.2 Å². The van der Waals surface area contributed by atoms with Crippen LogP contribution in [0.4, 0.5) is 4.39 Å². The van der Waals surface area contributed by atoms with Crippen LogP contribution < -0.4 is 0 Å². The van der Waals surface area contributed by atoms with Crippen molar-refractivity contribution in [1.82, 2.24) is 55.1 Å². The van der Waals surface area contributed by atoms with Gasteiger partial charge in [-0.25, -0.2) is 14.4 Å². The zero-order valence-corrected chi connectivity index (χ0v) is 20.9. The number of imidazole rings is 1. The van der Waals surface area contributed by atoms with E-state index < -0.39 is 5.82 Å². The summed E-state index contributed by atoms with van der Waals surface area (Å²) in [7, 11) is 0. The normalized spacial score (nSPS) is 18.9. The van der Waals surface area contributed by atoms with Crippen molar-refractivity contribution in [3.63, 3.8) is 0 Å². The Bertz CT molecular complexity index is 1710. The lowest BCUT2D eigenvalue weighted by Crippen LogP contribution is -2.39. The van der Waals surface area contributed by atoms with E-state index in [1.807, 2.05) is 17.0 Å². The molecular weight excluding hydrogens is 525 g/mol. The van der Waals surface area contributed by atoms with Crippen LogP contribution in [0, 0.1) is 5.82 Å². The van der Waals surface area contributed by atoms with Crippen molar-refractivity contribution in [3.05, 3.63) is 83.7 Å². The second-order valence-corrected chi connectivity index (χ2v) is 9.69. The van der Waals surface area contributed by atoms with Crippen LogP contribution in [-0.2, 0) is 4.79 Å². The lowest BCUT2D eigenvalue weighted by atomic mass is 9.92.